The van der Waals surface area contributed by atoms with Gasteiger partial charge in [-0.1, -0.05) is 0 Å². The number of nitrogens with two attached hydrogens (primary N) is 1. The van der Waals surface area contributed by atoms with Gasteiger partial charge in [-0.2, -0.15) is 0 Å². The maximum absolute atomic E-state index is 13.3. The van der Waals surface area contributed by atoms with Crippen molar-refractivity contribution in [1.82, 2.24) is 53.6 Å². The van der Waals surface area contributed by atoms with Crippen molar-refractivity contribution in [3.63, 3.8) is 0 Å². The van der Waals surface area contributed by atoms with E-state index in [-0.39, 0.29) is 23.0 Å². The first-order valence-electron chi connectivity index (χ1n) is 13.0. The van der Waals surface area contributed by atoms with Crippen LogP contribution >= 0.6 is 0 Å². The number of fused-ring (bicyclic) bond motifs is 3. The van der Waals surface area contributed by atoms with E-state index in [1.54, 1.807) is 24.1 Å². The predicted molar refractivity (Wildman–Crippen MR) is 154 cm³/mol. The van der Waals surface area contributed by atoms with Crippen molar-refractivity contribution in [2.24, 2.45) is 0 Å². The van der Waals surface area contributed by atoms with Crippen molar-refractivity contribution in [2.75, 3.05) is 5.73 Å². The lowest BCUT2D eigenvalue weighted by molar-refractivity contribution is 0.585. The van der Waals surface area contributed by atoms with Crippen LogP contribution in [0.25, 0.3) is 33.4 Å². The molecule has 0 saturated carbocycles. The Morgan fingerprint density at radius 3 is 2.02 bits per heavy atom. The number of hydrogen-bond donors (Lipinski definition) is 3. The third-order valence-corrected chi connectivity index (χ3v) is 6.18. The summed E-state index contributed by atoms with van der Waals surface area (Å²) >= 11 is 0. The molecule has 15 heteroatoms. The summed E-state index contributed by atoms with van der Waals surface area (Å²) in [5.41, 5.74) is 7.95. The number of halogens is 1. The molecule has 0 aromatic carbocycles. The standard InChI is InChI=1S/C9H10FN3O.C9H12N4O.C8H11N5/c1-5(2)13-3-6(10)7-8(13)11-4-12-9(7)14;1-5(2)13-4-10-7-8(13)11-6(3)12-9(7)14;1-5(2)13-4-12-6-7(9)10-3-11-8(6)13/h3-5H,1-2H3,(H,11,12,14);4-5H,1-3H3,(H,11,12,14);3-5H,1-2H3,(H2,9,10,11). The molecule has 14 nitrogen and oxygen atoms in total. The number of aryl methyl sites for hydroxylation is 1. The maximum Gasteiger partial charge on any atom is 0.279 e. The summed E-state index contributed by atoms with van der Waals surface area (Å²) in [7, 11) is 0. The maximum atomic E-state index is 13.3. The zero-order valence-corrected chi connectivity index (χ0v) is 23.9. The zero-order valence-electron chi connectivity index (χ0n) is 23.9. The molecule has 0 spiro atoms. The fraction of sp³-hybridized carbons (Fsp3) is 0.385. The van der Waals surface area contributed by atoms with E-state index >= 15 is 0 Å². The molecule has 0 amide bonds. The highest BCUT2D eigenvalue weighted by Gasteiger charge is 2.14. The number of H-pyrrole nitrogens is 2. The molecule has 0 aliphatic carbocycles. The van der Waals surface area contributed by atoms with Crippen molar-refractivity contribution >= 4 is 39.2 Å². The smallest absolute Gasteiger partial charge is 0.279 e. The molecular weight excluding hydrogens is 531 g/mol. The predicted octanol–water partition coefficient (Wildman–Crippen LogP) is 3.44. The lowest BCUT2D eigenvalue weighted by atomic mass is 10.4. The molecule has 0 atom stereocenters. The summed E-state index contributed by atoms with van der Waals surface area (Å²) in [4.78, 5) is 52.1. The second-order valence-electron chi connectivity index (χ2n) is 10.2. The molecule has 216 valence electrons. The van der Waals surface area contributed by atoms with Gasteiger partial charge in [-0.15, -0.1) is 0 Å². The van der Waals surface area contributed by atoms with E-state index in [0.29, 0.717) is 40.0 Å². The fourth-order valence-corrected chi connectivity index (χ4v) is 4.10. The van der Waals surface area contributed by atoms with Crippen LogP contribution in [0.1, 0.15) is 65.5 Å². The average Bonchev–Trinajstić information content (AvgIpc) is 3.61. The van der Waals surface area contributed by atoms with Crippen LogP contribution in [-0.2, 0) is 0 Å². The highest BCUT2D eigenvalue weighted by molar-refractivity contribution is 5.81. The van der Waals surface area contributed by atoms with E-state index in [1.807, 2.05) is 36.8 Å². The van der Waals surface area contributed by atoms with Crippen LogP contribution in [0.5, 0.6) is 0 Å². The number of imidazole rings is 2. The van der Waals surface area contributed by atoms with Gasteiger partial charge in [-0.05, 0) is 48.5 Å². The van der Waals surface area contributed by atoms with Crippen LogP contribution in [-0.4, -0.2) is 53.6 Å². The van der Waals surface area contributed by atoms with Crippen LogP contribution < -0.4 is 16.9 Å². The van der Waals surface area contributed by atoms with Crippen LogP contribution in [0.4, 0.5) is 10.2 Å². The molecule has 0 aliphatic rings. The van der Waals surface area contributed by atoms with Gasteiger partial charge in [0.15, 0.2) is 34.1 Å². The summed E-state index contributed by atoms with van der Waals surface area (Å²) in [6.45, 7) is 13.8. The molecule has 0 radical (unpaired) electrons. The van der Waals surface area contributed by atoms with Gasteiger partial charge in [-0.25, -0.2) is 34.3 Å². The van der Waals surface area contributed by atoms with Crippen molar-refractivity contribution < 1.29 is 4.39 Å². The van der Waals surface area contributed by atoms with Crippen molar-refractivity contribution in [3.05, 3.63) is 63.9 Å². The molecule has 0 unspecified atom stereocenters. The van der Waals surface area contributed by atoms with Gasteiger partial charge >= 0.3 is 0 Å². The van der Waals surface area contributed by atoms with Gasteiger partial charge in [0, 0.05) is 24.3 Å². The van der Waals surface area contributed by atoms with Gasteiger partial charge in [0.1, 0.15) is 23.1 Å². The number of nitrogen functional groups attached to an aromatic ring is 1. The number of nitrogens with one attached hydrogen (secondary N) is 2. The minimum absolute atomic E-state index is 0.0289. The molecule has 6 heterocycles. The Labute approximate surface area is 233 Å². The number of anilines is 1. The van der Waals surface area contributed by atoms with E-state index in [0.717, 1.165) is 5.65 Å². The third kappa shape index (κ3) is 5.83. The Hall–Kier alpha value is -4.95. The first-order chi connectivity index (χ1) is 19.4. The highest BCUT2D eigenvalue weighted by atomic mass is 19.1. The quantitative estimate of drug-likeness (QED) is 0.290. The Bertz CT molecular complexity index is 1920. The zero-order chi connectivity index (χ0) is 30.0. The summed E-state index contributed by atoms with van der Waals surface area (Å²) < 4.78 is 18.8. The summed E-state index contributed by atoms with van der Waals surface area (Å²) in [6, 6.07) is 0.671. The molecular formula is C26H33FN12O2. The molecule has 6 rings (SSSR count). The van der Waals surface area contributed by atoms with Gasteiger partial charge in [0.2, 0.25) is 0 Å². The van der Waals surface area contributed by atoms with Crippen LogP contribution in [0.3, 0.4) is 0 Å². The Morgan fingerprint density at radius 2 is 1.39 bits per heavy atom. The lowest BCUT2D eigenvalue weighted by Gasteiger charge is -2.06. The molecule has 0 saturated heterocycles. The first kappa shape index (κ1) is 29.0. The lowest BCUT2D eigenvalue weighted by Crippen LogP contribution is -2.11. The first-order valence-corrected chi connectivity index (χ1v) is 13.0. The highest BCUT2D eigenvalue weighted by Crippen LogP contribution is 2.19. The number of nitrogens with zero attached hydrogens (tertiary/aromatic N) is 9. The molecule has 0 aliphatic heterocycles. The Balaban J connectivity index is 0.000000142. The van der Waals surface area contributed by atoms with Crippen molar-refractivity contribution in [3.8, 4) is 0 Å². The van der Waals surface area contributed by atoms with E-state index in [2.05, 4.69) is 53.7 Å². The molecule has 6 aromatic heterocycles. The molecule has 0 bridgehead atoms. The van der Waals surface area contributed by atoms with Crippen LogP contribution in [0.15, 0.2) is 41.1 Å². The SMILES string of the molecule is CC(C)n1cc(F)c2c(=O)[nH]cnc21.CC(C)n1cnc2c(N)ncnc21.Cc1nc2c(ncn2C(C)C)c(=O)[nH]1. The number of hydrogen-bond acceptors (Lipinski definition) is 9. The second-order valence-corrected chi connectivity index (χ2v) is 10.2. The van der Waals surface area contributed by atoms with Gasteiger partial charge in [-0.3, -0.25) is 9.59 Å². The van der Waals surface area contributed by atoms with Crippen LogP contribution in [0.2, 0.25) is 0 Å². The van der Waals surface area contributed by atoms with Gasteiger partial charge < -0.3 is 29.4 Å². The second kappa shape index (κ2) is 11.7. The van der Waals surface area contributed by atoms with E-state index in [4.69, 9.17) is 5.73 Å². The largest absolute Gasteiger partial charge is 0.382 e. The fourth-order valence-electron chi connectivity index (χ4n) is 4.10. The monoisotopic (exact) mass is 564 g/mol. The Kier molecular flexibility index (Phi) is 8.26. The van der Waals surface area contributed by atoms with Gasteiger partial charge in [0.05, 0.1) is 19.0 Å². The van der Waals surface area contributed by atoms with Gasteiger partial charge in [0.25, 0.3) is 11.1 Å². The van der Waals surface area contributed by atoms with E-state index in [9.17, 15) is 14.0 Å². The average molecular weight is 565 g/mol. The normalized spacial score (nSPS) is 11.4. The molecule has 0 fully saturated rings. The van der Waals surface area contributed by atoms with Crippen LogP contribution in [0, 0.1) is 12.7 Å². The van der Waals surface area contributed by atoms with E-state index in [1.165, 1.54) is 18.9 Å². The molecule has 6 aromatic rings. The van der Waals surface area contributed by atoms with E-state index < -0.39 is 11.4 Å². The van der Waals surface area contributed by atoms with Crippen molar-refractivity contribution in [1.29, 1.82) is 0 Å². The third-order valence-electron chi connectivity index (χ3n) is 6.18. The minimum atomic E-state index is -0.525. The number of aromatic amines is 2. The topological polar surface area (TPSA) is 184 Å². The molecule has 41 heavy (non-hydrogen) atoms. The number of rotatable bonds is 3. The Morgan fingerprint density at radius 1 is 0.780 bits per heavy atom. The summed E-state index contributed by atoms with van der Waals surface area (Å²) in [5.74, 6) is 0.525. The van der Waals surface area contributed by atoms with Crippen molar-refractivity contribution in [2.45, 2.75) is 66.6 Å². The minimum Gasteiger partial charge on any atom is -0.382 e. The summed E-state index contributed by atoms with van der Waals surface area (Å²) in [5, 5.41) is 0.0289. The molecule has 4 N–H and O–H groups in total. The summed E-state index contributed by atoms with van der Waals surface area (Å²) in [6.07, 6.45) is 7.43. The number of aromatic nitrogens is 11.